The van der Waals surface area contributed by atoms with E-state index in [1.54, 1.807) is 6.92 Å². The predicted molar refractivity (Wildman–Crippen MR) is 89.5 cm³/mol. The number of phenolic OH excluding ortho intramolecular Hbond substituents is 1. The van der Waals surface area contributed by atoms with E-state index < -0.39 is 16.8 Å². The molecule has 9 heteroatoms. The molecule has 0 bridgehead atoms. The van der Waals surface area contributed by atoms with E-state index in [0.717, 1.165) is 6.07 Å². The maximum absolute atomic E-state index is 12.4. The Balaban J connectivity index is 2.78. The second kappa shape index (κ2) is 7.14. The third kappa shape index (κ3) is 3.17. The molecule has 1 aromatic rings. The van der Waals surface area contributed by atoms with Crippen molar-refractivity contribution in [1.82, 2.24) is 0 Å². The molecule has 0 saturated heterocycles. The summed E-state index contributed by atoms with van der Waals surface area (Å²) in [6.07, 6.45) is 0. The third-order valence-electron chi connectivity index (χ3n) is 3.95. The first-order chi connectivity index (χ1) is 12.2. The largest absolute Gasteiger partial charge is 0.508 e. The van der Waals surface area contributed by atoms with Crippen molar-refractivity contribution < 1.29 is 24.3 Å². The molecule has 3 N–H and O–H groups in total. The van der Waals surface area contributed by atoms with Crippen molar-refractivity contribution in [3.8, 4) is 11.8 Å². The molecule has 1 aliphatic heterocycles. The summed E-state index contributed by atoms with van der Waals surface area (Å²) < 4.78 is 10.3. The summed E-state index contributed by atoms with van der Waals surface area (Å²) in [5.74, 6) is -2.38. The number of allylic oxidation sites excluding steroid dienone is 2. The first kappa shape index (κ1) is 18.8. The maximum atomic E-state index is 12.4. The van der Waals surface area contributed by atoms with Crippen molar-refractivity contribution in [2.24, 2.45) is 5.73 Å². The van der Waals surface area contributed by atoms with Crippen molar-refractivity contribution in [3.63, 3.8) is 0 Å². The van der Waals surface area contributed by atoms with E-state index in [1.165, 1.54) is 19.9 Å². The second-order valence-electron chi connectivity index (χ2n) is 5.57. The molecule has 0 radical (unpaired) electrons. The Hall–Kier alpha value is -3.54. The molecule has 136 valence electrons. The molecule has 1 atom stereocenters. The molecule has 1 aliphatic rings. The molecule has 9 nitrogen and oxygen atoms in total. The van der Waals surface area contributed by atoms with Gasteiger partial charge in [-0.1, -0.05) is 0 Å². The summed E-state index contributed by atoms with van der Waals surface area (Å²) in [5.41, 5.74) is 5.52. The number of nitro groups is 1. The maximum Gasteiger partial charge on any atom is 0.338 e. The van der Waals surface area contributed by atoms with Crippen LogP contribution in [0, 0.1) is 28.4 Å². The highest BCUT2D eigenvalue weighted by Gasteiger charge is 2.38. The van der Waals surface area contributed by atoms with Gasteiger partial charge in [-0.2, -0.15) is 5.26 Å². The van der Waals surface area contributed by atoms with Crippen molar-refractivity contribution in [1.29, 1.82) is 5.26 Å². The number of nitrogens with zero attached hydrogens (tertiary/aromatic N) is 2. The normalized spacial score (nSPS) is 16.8. The Morgan fingerprint density at radius 3 is 2.69 bits per heavy atom. The van der Waals surface area contributed by atoms with E-state index in [2.05, 4.69) is 0 Å². The highest BCUT2D eigenvalue weighted by molar-refractivity contribution is 5.93. The van der Waals surface area contributed by atoms with E-state index in [1.807, 2.05) is 6.07 Å². The van der Waals surface area contributed by atoms with Crippen molar-refractivity contribution in [3.05, 3.63) is 56.2 Å². The Morgan fingerprint density at radius 1 is 1.50 bits per heavy atom. The standard InChI is InChI=1S/C17H17N3O6/c1-4-25-17(22)14-9(3)26-16(19)11(7-18)15(14)10-6-12(20(23)24)8(2)5-13(10)21/h5-6,15,21H,4,19H2,1-3H3. The number of esters is 1. The Morgan fingerprint density at radius 2 is 2.15 bits per heavy atom. The molecule has 0 saturated carbocycles. The molecule has 0 spiro atoms. The van der Waals surface area contributed by atoms with Crippen LogP contribution in [-0.4, -0.2) is 22.6 Å². The number of nitrogens with two attached hydrogens (primary N) is 1. The Kier molecular flexibility index (Phi) is 5.16. The van der Waals surface area contributed by atoms with Crippen LogP contribution in [0.15, 0.2) is 34.9 Å². The van der Waals surface area contributed by atoms with E-state index >= 15 is 0 Å². The lowest BCUT2D eigenvalue weighted by Gasteiger charge is -2.27. The SMILES string of the molecule is CCOC(=O)C1=C(C)OC(N)=C(C#N)C1c1cc([N+](=O)[O-])c(C)cc1O. The molecular weight excluding hydrogens is 342 g/mol. The average molecular weight is 359 g/mol. The fourth-order valence-electron chi connectivity index (χ4n) is 2.79. The molecule has 26 heavy (non-hydrogen) atoms. The van der Waals surface area contributed by atoms with Crippen molar-refractivity contribution in [2.45, 2.75) is 26.7 Å². The minimum Gasteiger partial charge on any atom is -0.508 e. The number of carbonyl (C=O) groups is 1. The number of hydrogen-bond acceptors (Lipinski definition) is 8. The Labute approximate surface area is 149 Å². The van der Waals surface area contributed by atoms with Gasteiger partial charge < -0.3 is 20.3 Å². The van der Waals surface area contributed by atoms with Crippen LogP contribution in [0.1, 0.15) is 30.9 Å². The number of phenols is 1. The average Bonchev–Trinajstić information content (AvgIpc) is 2.54. The van der Waals surface area contributed by atoms with Gasteiger partial charge in [0.05, 0.1) is 23.0 Å². The zero-order chi connectivity index (χ0) is 19.6. The molecule has 1 unspecified atom stereocenters. The van der Waals surface area contributed by atoms with E-state index in [0.29, 0.717) is 0 Å². The molecule has 2 rings (SSSR count). The predicted octanol–water partition coefficient (Wildman–Crippen LogP) is 2.25. The van der Waals surface area contributed by atoms with Crippen molar-refractivity contribution >= 4 is 11.7 Å². The van der Waals surface area contributed by atoms with Crippen LogP contribution in [0.4, 0.5) is 5.69 Å². The van der Waals surface area contributed by atoms with Crippen LogP contribution in [0.25, 0.3) is 0 Å². The summed E-state index contributed by atoms with van der Waals surface area (Å²) in [6, 6.07) is 4.17. The summed E-state index contributed by atoms with van der Waals surface area (Å²) in [6.45, 7) is 4.60. The molecule has 1 aromatic carbocycles. The quantitative estimate of drug-likeness (QED) is 0.472. The fraction of sp³-hybridized carbons (Fsp3) is 0.294. The van der Waals surface area contributed by atoms with Crippen LogP contribution >= 0.6 is 0 Å². The van der Waals surface area contributed by atoms with Crippen LogP contribution in [0.5, 0.6) is 5.75 Å². The van der Waals surface area contributed by atoms with Gasteiger partial charge in [0, 0.05) is 17.2 Å². The van der Waals surface area contributed by atoms with Crippen LogP contribution in [0.2, 0.25) is 0 Å². The fourth-order valence-corrected chi connectivity index (χ4v) is 2.79. The molecule has 1 heterocycles. The molecule has 0 aromatic heterocycles. The van der Waals surface area contributed by atoms with Gasteiger partial charge in [0.1, 0.15) is 23.2 Å². The first-order valence-electron chi connectivity index (χ1n) is 7.66. The number of hydrogen-bond donors (Lipinski definition) is 2. The van der Waals surface area contributed by atoms with Gasteiger partial charge in [0.25, 0.3) is 5.69 Å². The number of ether oxygens (including phenoxy) is 2. The summed E-state index contributed by atoms with van der Waals surface area (Å²) in [4.78, 5) is 23.1. The van der Waals surface area contributed by atoms with Gasteiger partial charge in [0.2, 0.25) is 5.88 Å². The van der Waals surface area contributed by atoms with Gasteiger partial charge in [-0.3, -0.25) is 10.1 Å². The number of nitriles is 1. The number of aryl methyl sites for hydroxylation is 1. The lowest BCUT2D eigenvalue weighted by Crippen LogP contribution is -2.25. The zero-order valence-electron chi connectivity index (χ0n) is 14.4. The lowest BCUT2D eigenvalue weighted by atomic mass is 9.82. The second-order valence-corrected chi connectivity index (χ2v) is 5.57. The number of benzene rings is 1. The topological polar surface area (TPSA) is 149 Å². The smallest absolute Gasteiger partial charge is 0.338 e. The number of nitro benzene ring substituents is 1. The minimum absolute atomic E-state index is 0.00694. The monoisotopic (exact) mass is 359 g/mol. The van der Waals surface area contributed by atoms with E-state index in [-0.39, 0.29) is 52.0 Å². The minimum atomic E-state index is -1.15. The lowest BCUT2D eigenvalue weighted by molar-refractivity contribution is -0.385. The van der Waals surface area contributed by atoms with Gasteiger partial charge in [-0.05, 0) is 26.8 Å². The van der Waals surface area contributed by atoms with Crippen LogP contribution in [0.3, 0.4) is 0 Å². The number of aromatic hydroxyl groups is 1. The van der Waals surface area contributed by atoms with Gasteiger partial charge in [-0.25, -0.2) is 4.79 Å². The van der Waals surface area contributed by atoms with Gasteiger partial charge in [0.15, 0.2) is 0 Å². The molecule has 0 fully saturated rings. The Bertz CT molecular complexity index is 894. The summed E-state index contributed by atoms with van der Waals surface area (Å²) in [7, 11) is 0. The first-order valence-corrected chi connectivity index (χ1v) is 7.66. The highest BCUT2D eigenvalue weighted by atomic mass is 16.6. The number of carbonyl (C=O) groups excluding carboxylic acids is 1. The van der Waals surface area contributed by atoms with Crippen LogP contribution in [-0.2, 0) is 14.3 Å². The highest BCUT2D eigenvalue weighted by Crippen LogP contribution is 2.44. The molecule has 0 aliphatic carbocycles. The molecule has 0 amide bonds. The summed E-state index contributed by atoms with van der Waals surface area (Å²) in [5, 5.41) is 31.1. The molecular formula is C17H17N3O6. The number of rotatable bonds is 4. The third-order valence-corrected chi connectivity index (χ3v) is 3.95. The van der Waals surface area contributed by atoms with Crippen molar-refractivity contribution in [2.75, 3.05) is 6.61 Å². The van der Waals surface area contributed by atoms with Gasteiger partial charge >= 0.3 is 5.97 Å². The van der Waals surface area contributed by atoms with E-state index in [9.17, 15) is 25.3 Å². The van der Waals surface area contributed by atoms with Crippen LogP contribution < -0.4 is 5.73 Å². The summed E-state index contributed by atoms with van der Waals surface area (Å²) >= 11 is 0. The zero-order valence-corrected chi connectivity index (χ0v) is 14.4. The van der Waals surface area contributed by atoms with E-state index in [4.69, 9.17) is 15.2 Å². The van der Waals surface area contributed by atoms with Gasteiger partial charge in [-0.15, -0.1) is 0 Å².